The first-order valence-electron chi connectivity index (χ1n) is 11.4. The zero-order valence-electron chi connectivity index (χ0n) is 19.9. The number of carbonyl (C=O) groups excluding carboxylic acids is 2. The summed E-state index contributed by atoms with van der Waals surface area (Å²) in [5.74, 6) is -2.79. The van der Waals surface area contributed by atoms with Crippen LogP contribution in [0, 0.1) is 5.82 Å². The fourth-order valence-electron chi connectivity index (χ4n) is 4.09. The monoisotopic (exact) mass is 585 g/mol. The Morgan fingerprint density at radius 2 is 1.82 bits per heavy atom. The summed E-state index contributed by atoms with van der Waals surface area (Å²) in [6.07, 6.45) is -4.25. The fraction of sp³-hybridized carbons (Fsp3) is 0.240. The number of halogens is 5. The molecule has 8 nitrogen and oxygen atoms in total. The van der Waals surface area contributed by atoms with Crippen LogP contribution in [-0.4, -0.2) is 42.7 Å². The summed E-state index contributed by atoms with van der Waals surface area (Å²) in [4.78, 5) is 28.3. The van der Waals surface area contributed by atoms with Crippen molar-refractivity contribution in [2.45, 2.75) is 30.0 Å². The maximum absolute atomic E-state index is 13.4. The summed E-state index contributed by atoms with van der Waals surface area (Å²) in [5.41, 5.74) is 0.308. The van der Waals surface area contributed by atoms with Gasteiger partial charge < -0.3 is 10.1 Å². The third kappa shape index (κ3) is 6.54. The Hall–Kier alpha value is -3.55. The second kappa shape index (κ2) is 11.3. The van der Waals surface area contributed by atoms with Crippen molar-refractivity contribution < 1.29 is 40.3 Å². The number of carbonyl (C=O) groups is 2. The molecule has 0 saturated heterocycles. The van der Waals surface area contributed by atoms with E-state index < -0.39 is 63.5 Å². The number of hydrogen-bond acceptors (Lipinski definition) is 6. The lowest BCUT2D eigenvalue weighted by atomic mass is 9.92. The van der Waals surface area contributed by atoms with E-state index in [1.807, 2.05) is 6.07 Å². The van der Waals surface area contributed by atoms with Gasteiger partial charge >= 0.3 is 12.1 Å². The molecule has 0 radical (unpaired) electrons. The van der Waals surface area contributed by atoms with Crippen molar-refractivity contribution in [2.75, 3.05) is 18.5 Å². The summed E-state index contributed by atoms with van der Waals surface area (Å²) in [5, 5.41) is 1.69. The van der Waals surface area contributed by atoms with E-state index in [4.69, 9.17) is 16.3 Å². The van der Waals surface area contributed by atoms with E-state index >= 15 is 0 Å². The zero-order valence-corrected chi connectivity index (χ0v) is 21.5. The largest absolute Gasteiger partial charge is 0.456 e. The number of hydrogen-bond donors (Lipinski definition) is 1. The van der Waals surface area contributed by atoms with E-state index in [1.165, 1.54) is 0 Å². The Balaban J connectivity index is 1.46. The molecule has 0 aliphatic carbocycles. The van der Waals surface area contributed by atoms with Crippen LogP contribution in [-0.2, 0) is 36.9 Å². The van der Waals surface area contributed by atoms with E-state index in [0.29, 0.717) is 24.2 Å². The summed E-state index contributed by atoms with van der Waals surface area (Å²) in [6, 6.07) is 10.9. The van der Waals surface area contributed by atoms with Crippen LogP contribution in [0.4, 0.5) is 23.4 Å². The van der Waals surface area contributed by atoms with E-state index in [-0.39, 0.29) is 17.3 Å². The van der Waals surface area contributed by atoms with E-state index in [0.717, 1.165) is 34.1 Å². The molecule has 0 fully saturated rings. The van der Waals surface area contributed by atoms with Crippen LogP contribution in [0.1, 0.15) is 29.2 Å². The van der Waals surface area contributed by atoms with Crippen molar-refractivity contribution in [3.05, 3.63) is 88.3 Å². The lowest BCUT2D eigenvalue weighted by Gasteiger charge is -2.36. The molecule has 0 spiro atoms. The molecule has 0 saturated carbocycles. The van der Waals surface area contributed by atoms with Crippen LogP contribution in [0.5, 0.6) is 0 Å². The lowest BCUT2D eigenvalue weighted by molar-refractivity contribution is -0.148. The molecule has 1 N–H and O–H groups in total. The third-order valence-corrected chi connectivity index (χ3v) is 8.14. The second-order valence-corrected chi connectivity index (χ2v) is 10.8. The third-order valence-electron chi connectivity index (χ3n) is 5.93. The molecule has 1 aliphatic rings. The van der Waals surface area contributed by atoms with Crippen molar-refractivity contribution in [1.82, 2.24) is 9.29 Å². The molecular formula is C25H20ClF4N3O5S. The number of ether oxygens (including phenoxy) is 1. The van der Waals surface area contributed by atoms with Gasteiger partial charge in [-0.15, -0.1) is 0 Å². The molecule has 4 rings (SSSR count). The van der Waals surface area contributed by atoms with Gasteiger partial charge in [0.25, 0.3) is 5.91 Å². The molecule has 0 unspecified atom stereocenters. The number of pyridine rings is 1. The first-order chi connectivity index (χ1) is 18.4. The number of anilines is 1. The van der Waals surface area contributed by atoms with Crippen LogP contribution >= 0.6 is 11.6 Å². The molecule has 14 heteroatoms. The van der Waals surface area contributed by atoms with Crippen LogP contribution < -0.4 is 5.32 Å². The highest BCUT2D eigenvalue weighted by molar-refractivity contribution is 7.89. The Labute approximate surface area is 225 Å². The molecule has 2 heterocycles. The number of nitrogens with zero attached hydrogens (tertiary/aromatic N) is 2. The summed E-state index contributed by atoms with van der Waals surface area (Å²) >= 11 is 5.77. The van der Waals surface area contributed by atoms with Gasteiger partial charge in [-0.05, 0) is 47.9 Å². The average Bonchev–Trinajstić information content (AvgIpc) is 2.88. The van der Waals surface area contributed by atoms with Crippen LogP contribution in [0.15, 0.2) is 65.7 Å². The predicted molar refractivity (Wildman–Crippen MR) is 132 cm³/mol. The summed E-state index contributed by atoms with van der Waals surface area (Å²) in [6.45, 7) is -0.774. The Morgan fingerprint density at radius 1 is 1.13 bits per heavy atom. The minimum atomic E-state index is -4.68. The maximum Gasteiger partial charge on any atom is 0.417 e. The molecule has 1 atom stereocenters. The number of nitrogens with one attached hydrogen (secondary N) is 1. The molecule has 2 aromatic carbocycles. The predicted octanol–water partition coefficient (Wildman–Crippen LogP) is 4.75. The SMILES string of the molecule is O=C(COC(=O)C[C@@H]1c2ccccc2CCN1S(=O)(=O)c1ccc(F)cc1)Nc1ncc(C(F)(F)F)cc1Cl. The highest BCUT2D eigenvalue weighted by atomic mass is 35.5. The van der Waals surface area contributed by atoms with E-state index in [9.17, 15) is 35.6 Å². The quantitative estimate of drug-likeness (QED) is 0.317. The van der Waals surface area contributed by atoms with Crippen molar-refractivity contribution in [3.63, 3.8) is 0 Å². The fourth-order valence-corrected chi connectivity index (χ4v) is 5.91. The molecule has 3 aromatic rings. The molecule has 1 aromatic heterocycles. The van der Waals surface area contributed by atoms with Crippen molar-refractivity contribution in [1.29, 1.82) is 0 Å². The molecule has 1 amide bonds. The first kappa shape index (κ1) is 28.5. The number of aromatic nitrogens is 1. The Morgan fingerprint density at radius 3 is 2.49 bits per heavy atom. The van der Waals surface area contributed by atoms with Gasteiger partial charge in [0, 0.05) is 12.7 Å². The number of rotatable bonds is 7. The molecule has 39 heavy (non-hydrogen) atoms. The number of alkyl halides is 3. The van der Waals surface area contributed by atoms with Gasteiger partial charge in [-0.3, -0.25) is 9.59 Å². The van der Waals surface area contributed by atoms with Gasteiger partial charge in [-0.2, -0.15) is 17.5 Å². The lowest BCUT2D eigenvalue weighted by Crippen LogP contribution is -2.41. The van der Waals surface area contributed by atoms with Crippen LogP contribution in [0.2, 0.25) is 5.02 Å². The minimum absolute atomic E-state index is 0.0489. The average molecular weight is 586 g/mol. The highest BCUT2D eigenvalue weighted by Gasteiger charge is 2.38. The van der Waals surface area contributed by atoms with E-state index in [1.54, 1.807) is 18.2 Å². The number of benzene rings is 2. The van der Waals surface area contributed by atoms with Gasteiger partial charge in [-0.1, -0.05) is 35.9 Å². The summed E-state index contributed by atoms with van der Waals surface area (Å²) in [7, 11) is -4.13. The number of sulfonamides is 1. The normalized spacial score (nSPS) is 15.9. The highest BCUT2D eigenvalue weighted by Crippen LogP contribution is 2.37. The van der Waals surface area contributed by atoms with Gasteiger partial charge in [0.15, 0.2) is 12.4 Å². The van der Waals surface area contributed by atoms with Crippen LogP contribution in [0.25, 0.3) is 0 Å². The van der Waals surface area contributed by atoms with Crippen molar-refractivity contribution in [2.24, 2.45) is 0 Å². The van der Waals surface area contributed by atoms with Gasteiger partial charge in [0.05, 0.1) is 27.9 Å². The zero-order chi connectivity index (χ0) is 28.4. The summed E-state index contributed by atoms with van der Waals surface area (Å²) < 4.78 is 84.6. The Bertz CT molecular complexity index is 1500. The van der Waals surface area contributed by atoms with Crippen molar-refractivity contribution in [3.8, 4) is 0 Å². The van der Waals surface area contributed by atoms with Gasteiger partial charge in [0.1, 0.15) is 5.82 Å². The molecule has 206 valence electrons. The topological polar surface area (TPSA) is 106 Å². The number of amides is 1. The van der Waals surface area contributed by atoms with Crippen molar-refractivity contribution >= 4 is 39.3 Å². The first-order valence-corrected chi connectivity index (χ1v) is 13.2. The standard InChI is InChI=1S/C25H20ClF4N3O5S/c26-20-11-16(25(28,29)30)13-31-24(20)32-22(34)14-38-23(35)12-21-19-4-2-1-3-15(19)9-10-33(21)39(36,37)18-7-5-17(27)6-8-18/h1-8,11,13,21H,9-10,12,14H2,(H,31,32,34)/t21-/m1/s1. The molecule has 1 aliphatic heterocycles. The smallest absolute Gasteiger partial charge is 0.417 e. The molecule has 0 bridgehead atoms. The number of esters is 1. The second-order valence-electron chi connectivity index (χ2n) is 8.50. The van der Waals surface area contributed by atoms with E-state index in [2.05, 4.69) is 10.3 Å². The van der Waals surface area contributed by atoms with Gasteiger partial charge in [-0.25, -0.2) is 17.8 Å². The van der Waals surface area contributed by atoms with Gasteiger partial charge in [0.2, 0.25) is 10.0 Å². The number of fused-ring (bicyclic) bond motifs is 1. The maximum atomic E-state index is 13.4. The minimum Gasteiger partial charge on any atom is -0.456 e. The Kier molecular flexibility index (Phi) is 8.23. The van der Waals surface area contributed by atoms with Crippen LogP contribution in [0.3, 0.4) is 0 Å². The molecular weight excluding hydrogens is 566 g/mol.